The zero-order chi connectivity index (χ0) is 21.5. The number of esters is 1. The molecule has 2 aromatic rings. The van der Waals surface area contributed by atoms with E-state index in [1.165, 1.54) is 24.3 Å². The number of ketones is 2. The van der Waals surface area contributed by atoms with Crippen LogP contribution in [0.25, 0.3) is 0 Å². The molecule has 1 atom stereocenters. The van der Waals surface area contributed by atoms with E-state index in [0.29, 0.717) is 0 Å². The van der Waals surface area contributed by atoms with Crippen LogP contribution < -0.4 is 5.32 Å². The van der Waals surface area contributed by atoms with Crippen LogP contribution in [0.4, 0.5) is 0 Å². The van der Waals surface area contributed by atoms with Crippen LogP contribution >= 0.6 is 0 Å². The standard InChI is InChI=1S/C23H18N2O5/c1-23(12-24,13-9-10-13)25-18(26)11-30-22(29)17-8-4-7-16-19(17)21(28)15-6-3-2-5-14(15)20(16)27/h2-8,13H,9-11H2,1H3,(H,25,26)/t23-/m1/s1. The number of nitrogens with zero attached hydrogens (tertiary/aromatic N) is 1. The summed E-state index contributed by atoms with van der Waals surface area (Å²) in [7, 11) is 0. The third-order valence-electron chi connectivity index (χ3n) is 5.53. The lowest BCUT2D eigenvalue weighted by atomic mass is 9.82. The van der Waals surface area contributed by atoms with Gasteiger partial charge in [-0.25, -0.2) is 4.79 Å². The van der Waals surface area contributed by atoms with E-state index in [9.17, 15) is 24.4 Å². The minimum atomic E-state index is -0.999. The highest BCUT2D eigenvalue weighted by Crippen LogP contribution is 2.39. The van der Waals surface area contributed by atoms with Crippen LogP contribution in [-0.4, -0.2) is 35.6 Å². The summed E-state index contributed by atoms with van der Waals surface area (Å²) < 4.78 is 5.09. The van der Waals surface area contributed by atoms with Gasteiger partial charge in [0.05, 0.1) is 11.6 Å². The molecule has 7 nitrogen and oxygen atoms in total. The summed E-state index contributed by atoms with van der Waals surface area (Å²) in [5.74, 6) is -2.18. The second-order valence-corrected chi connectivity index (χ2v) is 7.64. The summed E-state index contributed by atoms with van der Waals surface area (Å²) in [4.78, 5) is 50.5. The Morgan fingerprint density at radius 1 is 1.07 bits per heavy atom. The molecule has 0 heterocycles. The first-order chi connectivity index (χ1) is 14.4. The molecule has 0 saturated heterocycles. The van der Waals surface area contributed by atoms with E-state index in [4.69, 9.17) is 4.74 Å². The summed E-state index contributed by atoms with van der Waals surface area (Å²) in [5.41, 5.74) is -0.451. The van der Waals surface area contributed by atoms with Crippen LogP contribution in [0.5, 0.6) is 0 Å². The molecule has 1 N–H and O–H groups in total. The summed E-state index contributed by atoms with van der Waals surface area (Å²) in [6.07, 6.45) is 1.72. The van der Waals surface area contributed by atoms with Gasteiger partial charge in [0.1, 0.15) is 5.54 Å². The van der Waals surface area contributed by atoms with Gasteiger partial charge in [-0.15, -0.1) is 0 Å². The first-order valence-electron chi connectivity index (χ1n) is 9.56. The highest BCUT2D eigenvalue weighted by molar-refractivity contribution is 6.30. The third kappa shape index (κ3) is 3.26. The molecule has 150 valence electrons. The lowest BCUT2D eigenvalue weighted by molar-refractivity contribution is -0.125. The third-order valence-corrected chi connectivity index (χ3v) is 5.53. The topological polar surface area (TPSA) is 113 Å². The maximum atomic E-state index is 12.9. The number of benzene rings is 2. The molecule has 0 aromatic heterocycles. The van der Waals surface area contributed by atoms with Crippen molar-refractivity contribution in [3.05, 3.63) is 70.3 Å². The predicted molar refractivity (Wildman–Crippen MR) is 105 cm³/mol. The predicted octanol–water partition coefficient (Wildman–Crippen LogP) is 2.43. The minimum absolute atomic E-state index is 0.0218. The number of rotatable bonds is 5. The SMILES string of the molecule is C[C@](C#N)(NC(=O)COC(=O)c1cccc2c1C(=O)c1ccccc1C2=O)C1CC1. The van der Waals surface area contributed by atoms with Crippen LogP contribution in [0.1, 0.15) is 62.0 Å². The highest BCUT2D eigenvalue weighted by Gasteiger charge is 2.43. The van der Waals surface area contributed by atoms with Crippen LogP contribution in [-0.2, 0) is 9.53 Å². The maximum Gasteiger partial charge on any atom is 0.339 e. The zero-order valence-corrected chi connectivity index (χ0v) is 16.2. The maximum absolute atomic E-state index is 12.9. The molecule has 0 radical (unpaired) electrons. The van der Waals surface area contributed by atoms with Gasteiger partial charge < -0.3 is 10.1 Å². The van der Waals surface area contributed by atoms with E-state index < -0.39 is 29.8 Å². The molecule has 2 aromatic carbocycles. The number of fused-ring (bicyclic) bond motifs is 2. The van der Waals surface area contributed by atoms with E-state index in [-0.39, 0.29) is 39.5 Å². The van der Waals surface area contributed by atoms with Crippen molar-refractivity contribution in [1.29, 1.82) is 5.26 Å². The molecule has 0 bridgehead atoms. The number of nitrogens with one attached hydrogen (secondary N) is 1. The van der Waals surface area contributed by atoms with Gasteiger partial charge >= 0.3 is 5.97 Å². The van der Waals surface area contributed by atoms with Gasteiger partial charge in [-0.2, -0.15) is 5.26 Å². The second-order valence-electron chi connectivity index (χ2n) is 7.64. The Hall–Kier alpha value is -3.79. The molecule has 1 amide bonds. The van der Waals surface area contributed by atoms with Gasteiger partial charge in [0.25, 0.3) is 5.91 Å². The van der Waals surface area contributed by atoms with E-state index in [0.717, 1.165) is 12.8 Å². The molecule has 0 unspecified atom stereocenters. The van der Waals surface area contributed by atoms with E-state index in [1.807, 2.05) is 0 Å². The molecule has 30 heavy (non-hydrogen) atoms. The van der Waals surface area contributed by atoms with Crippen LogP contribution in [0.3, 0.4) is 0 Å². The lowest BCUT2D eigenvalue weighted by Crippen LogP contribution is -2.48. The first-order valence-corrected chi connectivity index (χ1v) is 9.56. The molecular weight excluding hydrogens is 384 g/mol. The minimum Gasteiger partial charge on any atom is -0.452 e. The zero-order valence-electron chi connectivity index (χ0n) is 16.2. The molecule has 4 rings (SSSR count). The van der Waals surface area contributed by atoms with E-state index in [2.05, 4.69) is 11.4 Å². The average Bonchev–Trinajstić information content (AvgIpc) is 3.61. The number of carbonyl (C=O) groups excluding carboxylic acids is 4. The Balaban J connectivity index is 1.54. The fraction of sp³-hybridized carbons (Fsp3) is 0.261. The number of carbonyl (C=O) groups is 4. The van der Waals surface area contributed by atoms with Gasteiger partial charge in [0.2, 0.25) is 0 Å². The number of nitriles is 1. The molecule has 0 spiro atoms. The number of ether oxygens (including phenoxy) is 1. The number of hydrogen-bond donors (Lipinski definition) is 1. The molecule has 0 aliphatic heterocycles. The van der Waals surface area contributed by atoms with E-state index >= 15 is 0 Å². The van der Waals surface area contributed by atoms with Crippen molar-refractivity contribution in [3.63, 3.8) is 0 Å². The molecular formula is C23H18N2O5. The average molecular weight is 402 g/mol. The Morgan fingerprint density at radius 3 is 2.33 bits per heavy atom. The van der Waals surface area contributed by atoms with Crippen molar-refractivity contribution in [1.82, 2.24) is 5.32 Å². The van der Waals surface area contributed by atoms with Gasteiger partial charge in [-0.1, -0.05) is 36.4 Å². The van der Waals surface area contributed by atoms with Crippen molar-refractivity contribution < 1.29 is 23.9 Å². The van der Waals surface area contributed by atoms with Crippen molar-refractivity contribution in [3.8, 4) is 6.07 Å². The van der Waals surface area contributed by atoms with Gasteiger partial charge in [0, 0.05) is 22.3 Å². The van der Waals surface area contributed by atoms with Gasteiger partial charge in [-0.05, 0) is 31.7 Å². The monoisotopic (exact) mass is 402 g/mol. The second kappa shape index (κ2) is 7.23. The number of amides is 1. The molecule has 2 aliphatic rings. The van der Waals surface area contributed by atoms with Gasteiger partial charge in [0.15, 0.2) is 18.2 Å². The molecule has 7 heteroatoms. The Bertz CT molecular complexity index is 1140. The van der Waals surface area contributed by atoms with Gasteiger partial charge in [-0.3, -0.25) is 14.4 Å². The molecule has 1 fully saturated rings. The Morgan fingerprint density at radius 2 is 1.70 bits per heavy atom. The smallest absolute Gasteiger partial charge is 0.339 e. The Kier molecular flexibility index (Phi) is 4.70. The summed E-state index contributed by atoms with van der Waals surface area (Å²) in [5, 5.41) is 11.9. The highest BCUT2D eigenvalue weighted by atomic mass is 16.5. The largest absolute Gasteiger partial charge is 0.452 e. The lowest BCUT2D eigenvalue weighted by Gasteiger charge is -2.23. The normalized spacial score (nSPS) is 16.5. The van der Waals surface area contributed by atoms with Crippen LogP contribution in [0, 0.1) is 17.2 Å². The van der Waals surface area contributed by atoms with Crippen molar-refractivity contribution in [2.24, 2.45) is 5.92 Å². The summed E-state index contributed by atoms with van der Waals surface area (Å²) in [6, 6.07) is 12.9. The van der Waals surface area contributed by atoms with Crippen LogP contribution in [0.15, 0.2) is 42.5 Å². The molecule has 1 saturated carbocycles. The molecule has 2 aliphatic carbocycles. The van der Waals surface area contributed by atoms with Crippen LogP contribution in [0.2, 0.25) is 0 Å². The van der Waals surface area contributed by atoms with E-state index in [1.54, 1.807) is 25.1 Å². The summed E-state index contributed by atoms with van der Waals surface area (Å²) >= 11 is 0. The fourth-order valence-corrected chi connectivity index (χ4v) is 3.73. The Labute approximate surface area is 172 Å². The van der Waals surface area contributed by atoms with Crippen molar-refractivity contribution in [2.75, 3.05) is 6.61 Å². The van der Waals surface area contributed by atoms with Crippen molar-refractivity contribution >= 4 is 23.4 Å². The van der Waals surface area contributed by atoms with Crippen molar-refractivity contribution in [2.45, 2.75) is 25.3 Å². The number of hydrogen-bond acceptors (Lipinski definition) is 6. The summed E-state index contributed by atoms with van der Waals surface area (Å²) in [6.45, 7) is 1.05. The first kappa shape index (κ1) is 19.5. The quantitative estimate of drug-likeness (QED) is 0.656. The fourth-order valence-electron chi connectivity index (χ4n) is 3.73.